The molecule has 0 aliphatic carbocycles. The summed E-state index contributed by atoms with van der Waals surface area (Å²) < 4.78 is 11.4. The lowest BCUT2D eigenvalue weighted by Crippen LogP contribution is -2.32. The Morgan fingerprint density at radius 2 is 2.22 bits per heavy atom. The number of para-hydroxylation sites is 1. The summed E-state index contributed by atoms with van der Waals surface area (Å²) in [6, 6.07) is 8.14. The van der Waals surface area contributed by atoms with Crippen LogP contribution in [0, 0.1) is 6.92 Å². The Balaban J connectivity index is 1.67. The summed E-state index contributed by atoms with van der Waals surface area (Å²) in [6.45, 7) is 5.68. The molecule has 1 fully saturated rings. The Bertz CT molecular complexity index is 361. The van der Waals surface area contributed by atoms with Crippen molar-refractivity contribution in [1.29, 1.82) is 0 Å². The Hall–Kier alpha value is -1.06. The van der Waals surface area contributed by atoms with Crippen molar-refractivity contribution >= 4 is 0 Å². The van der Waals surface area contributed by atoms with Gasteiger partial charge in [-0.25, -0.2) is 0 Å². The van der Waals surface area contributed by atoms with E-state index in [1.54, 1.807) is 0 Å². The molecule has 2 rings (SSSR count). The van der Waals surface area contributed by atoms with Crippen molar-refractivity contribution in [2.75, 3.05) is 33.4 Å². The van der Waals surface area contributed by atoms with Gasteiger partial charge in [0.15, 0.2) is 0 Å². The number of likely N-dealkylation sites (N-methyl/N-ethyl adjacent to an activating group) is 1. The number of aryl methyl sites for hydroxylation is 1. The number of hydrogen-bond acceptors (Lipinski definition) is 3. The van der Waals surface area contributed by atoms with Crippen LogP contribution in [0.4, 0.5) is 0 Å². The molecule has 18 heavy (non-hydrogen) atoms. The molecular formula is C15H23NO2. The van der Waals surface area contributed by atoms with E-state index >= 15 is 0 Å². The van der Waals surface area contributed by atoms with Gasteiger partial charge in [0, 0.05) is 19.7 Å². The van der Waals surface area contributed by atoms with E-state index in [1.807, 2.05) is 18.2 Å². The van der Waals surface area contributed by atoms with E-state index in [0.29, 0.717) is 6.10 Å². The van der Waals surface area contributed by atoms with E-state index in [9.17, 15) is 0 Å². The zero-order valence-corrected chi connectivity index (χ0v) is 11.4. The van der Waals surface area contributed by atoms with Crippen LogP contribution >= 0.6 is 0 Å². The van der Waals surface area contributed by atoms with E-state index < -0.39 is 0 Å². The van der Waals surface area contributed by atoms with Crippen LogP contribution in [-0.2, 0) is 4.74 Å². The van der Waals surface area contributed by atoms with Gasteiger partial charge in [0.25, 0.3) is 0 Å². The molecule has 0 saturated carbocycles. The fourth-order valence-corrected chi connectivity index (χ4v) is 2.26. The molecule has 1 aromatic rings. The SMILES string of the molecule is Cc1ccccc1OCCN(C)C[C@H]1CCCO1. The van der Waals surface area contributed by atoms with Gasteiger partial charge in [-0.3, -0.25) is 0 Å². The van der Waals surface area contributed by atoms with Gasteiger partial charge in [0.05, 0.1) is 6.10 Å². The average molecular weight is 249 g/mol. The van der Waals surface area contributed by atoms with Crippen molar-refractivity contribution in [2.45, 2.75) is 25.9 Å². The summed E-state index contributed by atoms with van der Waals surface area (Å²) >= 11 is 0. The molecule has 0 N–H and O–H groups in total. The molecule has 3 heteroatoms. The number of rotatable bonds is 6. The Morgan fingerprint density at radius 1 is 1.39 bits per heavy atom. The predicted molar refractivity (Wildman–Crippen MR) is 73.1 cm³/mol. The smallest absolute Gasteiger partial charge is 0.122 e. The minimum atomic E-state index is 0.425. The van der Waals surface area contributed by atoms with Crippen molar-refractivity contribution in [1.82, 2.24) is 4.90 Å². The van der Waals surface area contributed by atoms with E-state index in [-0.39, 0.29) is 0 Å². The summed E-state index contributed by atoms with van der Waals surface area (Å²) in [5.74, 6) is 0.989. The summed E-state index contributed by atoms with van der Waals surface area (Å²) in [7, 11) is 2.13. The highest BCUT2D eigenvalue weighted by atomic mass is 16.5. The predicted octanol–water partition coefficient (Wildman–Crippen LogP) is 2.48. The quantitative estimate of drug-likeness (QED) is 0.773. The maximum absolute atomic E-state index is 5.79. The van der Waals surface area contributed by atoms with Crippen molar-refractivity contribution in [2.24, 2.45) is 0 Å². The van der Waals surface area contributed by atoms with Crippen LogP contribution in [-0.4, -0.2) is 44.4 Å². The summed E-state index contributed by atoms with van der Waals surface area (Å²) in [5.41, 5.74) is 1.19. The van der Waals surface area contributed by atoms with Crippen LogP contribution in [0.15, 0.2) is 24.3 Å². The average Bonchev–Trinajstić information content (AvgIpc) is 2.84. The van der Waals surface area contributed by atoms with Crippen molar-refractivity contribution in [3.05, 3.63) is 29.8 Å². The van der Waals surface area contributed by atoms with Crippen molar-refractivity contribution in [3.8, 4) is 5.75 Å². The largest absolute Gasteiger partial charge is 0.492 e. The second kappa shape index (κ2) is 6.76. The van der Waals surface area contributed by atoms with Crippen LogP contribution in [0.25, 0.3) is 0 Å². The minimum Gasteiger partial charge on any atom is -0.492 e. The Labute approximate surface area is 110 Å². The van der Waals surface area contributed by atoms with E-state index in [1.165, 1.54) is 18.4 Å². The highest BCUT2D eigenvalue weighted by Gasteiger charge is 2.17. The van der Waals surface area contributed by atoms with Gasteiger partial charge in [0.1, 0.15) is 12.4 Å². The molecular weight excluding hydrogens is 226 g/mol. The first-order chi connectivity index (χ1) is 8.75. The molecule has 0 aromatic heterocycles. The Morgan fingerprint density at radius 3 is 2.94 bits per heavy atom. The van der Waals surface area contributed by atoms with Gasteiger partial charge in [-0.05, 0) is 38.4 Å². The molecule has 0 amide bonds. The van der Waals surface area contributed by atoms with Crippen LogP contribution < -0.4 is 4.74 Å². The summed E-state index contributed by atoms with van der Waals surface area (Å²) in [5, 5.41) is 0. The molecule has 1 heterocycles. The maximum Gasteiger partial charge on any atom is 0.122 e. The summed E-state index contributed by atoms with van der Waals surface area (Å²) in [4.78, 5) is 2.29. The molecule has 1 aliphatic rings. The topological polar surface area (TPSA) is 21.7 Å². The fourth-order valence-electron chi connectivity index (χ4n) is 2.26. The van der Waals surface area contributed by atoms with Gasteiger partial charge in [0.2, 0.25) is 0 Å². The van der Waals surface area contributed by atoms with Crippen LogP contribution in [0.5, 0.6) is 5.75 Å². The van der Waals surface area contributed by atoms with Crippen LogP contribution in [0.3, 0.4) is 0 Å². The van der Waals surface area contributed by atoms with E-state index in [4.69, 9.17) is 9.47 Å². The molecule has 0 spiro atoms. The van der Waals surface area contributed by atoms with Gasteiger partial charge in [-0.15, -0.1) is 0 Å². The molecule has 1 saturated heterocycles. The summed E-state index contributed by atoms with van der Waals surface area (Å²) in [6.07, 6.45) is 2.83. The normalized spacial score (nSPS) is 19.4. The molecule has 0 bridgehead atoms. The lowest BCUT2D eigenvalue weighted by Gasteiger charge is -2.20. The fraction of sp³-hybridized carbons (Fsp3) is 0.600. The zero-order valence-electron chi connectivity index (χ0n) is 11.4. The van der Waals surface area contributed by atoms with Gasteiger partial charge >= 0.3 is 0 Å². The van der Waals surface area contributed by atoms with Crippen molar-refractivity contribution < 1.29 is 9.47 Å². The second-order valence-electron chi connectivity index (χ2n) is 5.01. The molecule has 0 unspecified atom stereocenters. The standard InChI is InChI=1S/C15H23NO2/c1-13-6-3-4-8-15(13)18-11-9-16(2)12-14-7-5-10-17-14/h3-4,6,8,14H,5,7,9-12H2,1-2H3/t14-/m1/s1. The lowest BCUT2D eigenvalue weighted by atomic mass is 10.2. The number of nitrogens with zero attached hydrogens (tertiary/aromatic N) is 1. The maximum atomic E-state index is 5.79. The van der Waals surface area contributed by atoms with E-state index in [0.717, 1.165) is 32.1 Å². The first-order valence-electron chi connectivity index (χ1n) is 6.74. The lowest BCUT2D eigenvalue weighted by molar-refractivity contribution is 0.0771. The molecule has 1 atom stereocenters. The highest BCUT2D eigenvalue weighted by molar-refractivity contribution is 5.31. The molecule has 0 radical (unpaired) electrons. The molecule has 1 aromatic carbocycles. The number of hydrogen-bond donors (Lipinski definition) is 0. The zero-order chi connectivity index (χ0) is 12.8. The molecule has 1 aliphatic heterocycles. The number of ether oxygens (including phenoxy) is 2. The number of benzene rings is 1. The van der Waals surface area contributed by atoms with Crippen LogP contribution in [0.1, 0.15) is 18.4 Å². The second-order valence-corrected chi connectivity index (χ2v) is 5.01. The molecule has 100 valence electrons. The van der Waals surface area contributed by atoms with Gasteiger partial charge < -0.3 is 14.4 Å². The monoisotopic (exact) mass is 249 g/mol. The third kappa shape index (κ3) is 4.00. The van der Waals surface area contributed by atoms with Crippen LogP contribution in [0.2, 0.25) is 0 Å². The van der Waals surface area contributed by atoms with E-state index in [2.05, 4.69) is 24.9 Å². The Kier molecular flexibility index (Phi) is 5.02. The first-order valence-corrected chi connectivity index (χ1v) is 6.74. The first kappa shape index (κ1) is 13.4. The van der Waals surface area contributed by atoms with Gasteiger partial charge in [-0.1, -0.05) is 18.2 Å². The highest BCUT2D eigenvalue weighted by Crippen LogP contribution is 2.16. The minimum absolute atomic E-state index is 0.425. The van der Waals surface area contributed by atoms with Gasteiger partial charge in [-0.2, -0.15) is 0 Å². The van der Waals surface area contributed by atoms with Crippen molar-refractivity contribution in [3.63, 3.8) is 0 Å². The third-order valence-electron chi connectivity index (χ3n) is 3.36. The molecule has 3 nitrogen and oxygen atoms in total. The third-order valence-corrected chi connectivity index (χ3v) is 3.36.